The Balaban J connectivity index is 3.39. The molecule has 1 rings (SSSR count). The van der Waals surface area contributed by atoms with Gasteiger partial charge < -0.3 is 0 Å². The third-order valence-electron chi connectivity index (χ3n) is 1.11. The Morgan fingerprint density at radius 3 is 2.55 bits per heavy atom. The number of nitriles is 1. The van der Waals surface area contributed by atoms with Crippen molar-refractivity contribution in [3.63, 3.8) is 0 Å². The second-order valence-corrected chi connectivity index (χ2v) is 3.02. The molecule has 0 aliphatic carbocycles. The highest BCUT2D eigenvalue weighted by Crippen LogP contribution is 2.16. The fraction of sp³-hybridized carbons (Fsp3) is 0. The zero-order valence-corrected chi connectivity index (χ0v) is 7.39. The predicted molar refractivity (Wildman–Crippen MR) is 43.8 cm³/mol. The molecule has 0 fully saturated rings. The van der Waals surface area contributed by atoms with E-state index in [4.69, 9.17) is 5.26 Å². The summed E-state index contributed by atoms with van der Waals surface area (Å²) in [6.07, 6.45) is 0. The van der Waals surface area contributed by atoms with Gasteiger partial charge in [-0.1, -0.05) is 0 Å². The molecule has 0 aliphatic heterocycles. The van der Waals surface area contributed by atoms with Crippen molar-refractivity contribution in [3.05, 3.63) is 32.9 Å². The van der Waals surface area contributed by atoms with Gasteiger partial charge >= 0.3 is 0 Å². The highest BCUT2D eigenvalue weighted by atomic mass is 127. The van der Waals surface area contributed by atoms with Gasteiger partial charge in [0.1, 0.15) is 11.9 Å². The lowest BCUT2D eigenvalue weighted by Crippen LogP contribution is -1.90. The first-order chi connectivity index (χ1) is 5.15. The molecule has 56 valence electrons. The van der Waals surface area contributed by atoms with E-state index in [9.17, 15) is 8.78 Å². The van der Waals surface area contributed by atoms with Crippen molar-refractivity contribution < 1.29 is 8.78 Å². The van der Waals surface area contributed by atoms with Crippen molar-refractivity contribution in [2.45, 2.75) is 0 Å². The highest BCUT2D eigenvalue weighted by Gasteiger charge is 2.07. The lowest BCUT2D eigenvalue weighted by Gasteiger charge is -1.95. The molecule has 1 aromatic rings. The minimum absolute atomic E-state index is 0.124. The maximum Gasteiger partial charge on any atom is 0.154 e. The molecule has 0 atom stereocenters. The number of nitrogens with zero attached hydrogens (tertiary/aromatic N) is 1. The summed E-state index contributed by atoms with van der Waals surface area (Å²) in [5, 5.41) is 8.31. The first-order valence-corrected chi connectivity index (χ1v) is 3.77. The number of benzene rings is 1. The van der Waals surface area contributed by atoms with Crippen molar-refractivity contribution >= 4 is 22.6 Å². The second-order valence-electron chi connectivity index (χ2n) is 1.86. The lowest BCUT2D eigenvalue weighted by atomic mass is 10.2. The Morgan fingerprint density at radius 1 is 1.36 bits per heavy atom. The maximum absolute atomic E-state index is 12.8. The molecule has 0 amide bonds. The van der Waals surface area contributed by atoms with Gasteiger partial charge in [0.2, 0.25) is 0 Å². The summed E-state index contributed by atoms with van der Waals surface area (Å²) in [6.45, 7) is 0. The Morgan fingerprint density at radius 2 is 2.00 bits per heavy atom. The summed E-state index contributed by atoms with van der Waals surface area (Å²) < 4.78 is 25.4. The fourth-order valence-electron chi connectivity index (χ4n) is 0.637. The van der Waals surface area contributed by atoms with Crippen LogP contribution in [-0.2, 0) is 0 Å². The predicted octanol–water partition coefficient (Wildman–Crippen LogP) is 2.44. The van der Waals surface area contributed by atoms with Crippen LogP contribution in [0.5, 0.6) is 0 Å². The molecule has 0 heterocycles. The largest absolute Gasteiger partial charge is 0.207 e. The number of hydrogen-bond acceptors (Lipinski definition) is 1. The van der Waals surface area contributed by atoms with E-state index in [0.717, 1.165) is 12.1 Å². The summed E-state index contributed by atoms with van der Waals surface area (Å²) in [7, 11) is 0. The minimum atomic E-state index is -0.658. The molecule has 0 spiro atoms. The van der Waals surface area contributed by atoms with Gasteiger partial charge in [-0.25, -0.2) is 8.78 Å². The van der Waals surface area contributed by atoms with Crippen LogP contribution in [0.4, 0.5) is 8.78 Å². The molecule has 0 saturated carbocycles. The van der Waals surface area contributed by atoms with E-state index in [2.05, 4.69) is 0 Å². The molecule has 1 nitrogen and oxygen atoms in total. The van der Waals surface area contributed by atoms with Crippen LogP contribution in [0.25, 0.3) is 0 Å². The molecule has 4 heteroatoms. The normalized spacial score (nSPS) is 9.27. The van der Waals surface area contributed by atoms with Gasteiger partial charge in [0.15, 0.2) is 5.82 Å². The third kappa shape index (κ3) is 1.66. The number of rotatable bonds is 0. The van der Waals surface area contributed by atoms with Crippen LogP contribution in [0.2, 0.25) is 0 Å². The summed E-state index contributed by atoms with van der Waals surface area (Å²) >= 11 is 1.63. The fourth-order valence-corrected chi connectivity index (χ4v) is 1.23. The van der Waals surface area contributed by atoms with Gasteiger partial charge in [-0.05, 0) is 34.7 Å². The Bertz CT molecular complexity index is 330. The first-order valence-electron chi connectivity index (χ1n) is 2.70. The maximum atomic E-state index is 12.8. The van der Waals surface area contributed by atoms with Gasteiger partial charge in [0.05, 0.1) is 9.13 Å². The van der Waals surface area contributed by atoms with Crippen molar-refractivity contribution in [1.82, 2.24) is 0 Å². The molecular formula is C7H2F2IN. The Hall–Kier alpha value is -0.700. The van der Waals surface area contributed by atoms with Crippen LogP contribution in [-0.4, -0.2) is 0 Å². The monoisotopic (exact) mass is 265 g/mol. The molecule has 0 unspecified atom stereocenters. The summed E-state index contributed by atoms with van der Waals surface area (Å²) in [5.41, 5.74) is -0.255. The lowest BCUT2D eigenvalue weighted by molar-refractivity contribution is 0.590. The SMILES string of the molecule is N#Cc1cc(F)cc(I)c1F. The molecule has 0 aromatic heterocycles. The quantitative estimate of drug-likeness (QED) is 0.522. The van der Waals surface area contributed by atoms with E-state index in [0.29, 0.717) is 0 Å². The van der Waals surface area contributed by atoms with Gasteiger partial charge in [0.25, 0.3) is 0 Å². The van der Waals surface area contributed by atoms with Gasteiger partial charge in [-0.15, -0.1) is 0 Å². The second kappa shape index (κ2) is 3.13. The van der Waals surface area contributed by atoms with E-state index in [-0.39, 0.29) is 9.13 Å². The van der Waals surface area contributed by atoms with E-state index < -0.39 is 11.6 Å². The van der Waals surface area contributed by atoms with Crippen LogP contribution in [0.1, 0.15) is 5.56 Å². The van der Waals surface area contributed by atoms with Crippen LogP contribution in [0.15, 0.2) is 12.1 Å². The summed E-state index contributed by atoms with van der Waals surface area (Å²) in [4.78, 5) is 0. The van der Waals surface area contributed by atoms with Gasteiger partial charge in [-0.2, -0.15) is 5.26 Å². The molecule has 0 saturated heterocycles. The average molecular weight is 265 g/mol. The van der Waals surface area contributed by atoms with Gasteiger partial charge in [-0.3, -0.25) is 0 Å². The van der Waals surface area contributed by atoms with E-state index in [1.807, 2.05) is 0 Å². The molecule has 11 heavy (non-hydrogen) atoms. The van der Waals surface area contributed by atoms with E-state index in [1.54, 1.807) is 28.7 Å². The molecular weight excluding hydrogens is 263 g/mol. The zero-order chi connectivity index (χ0) is 8.43. The van der Waals surface area contributed by atoms with Crippen molar-refractivity contribution in [3.8, 4) is 6.07 Å². The third-order valence-corrected chi connectivity index (χ3v) is 1.90. The van der Waals surface area contributed by atoms with Crippen LogP contribution in [0, 0.1) is 26.5 Å². The van der Waals surface area contributed by atoms with E-state index in [1.165, 1.54) is 0 Å². The van der Waals surface area contributed by atoms with Gasteiger partial charge in [0, 0.05) is 0 Å². The molecule has 0 radical (unpaired) electrons. The standard InChI is InChI=1S/C7H2F2IN/c8-5-1-4(3-11)7(9)6(10)2-5/h1-2H. The highest BCUT2D eigenvalue weighted by molar-refractivity contribution is 14.1. The van der Waals surface area contributed by atoms with Crippen LogP contribution in [0.3, 0.4) is 0 Å². The van der Waals surface area contributed by atoms with Crippen LogP contribution < -0.4 is 0 Å². The zero-order valence-electron chi connectivity index (χ0n) is 5.24. The van der Waals surface area contributed by atoms with Crippen molar-refractivity contribution in [2.24, 2.45) is 0 Å². The smallest absolute Gasteiger partial charge is 0.154 e. The number of halogens is 3. The summed E-state index contributed by atoms with van der Waals surface area (Å²) in [6, 6.07) is 3.47. The number of hydrogen-bond donors (Lipinski definition) is 0. The first kappa shape index (κ1) is 8.40. The molecule has 0 N–H and O–H groups in total. The Labute approximate surface area is 75.8 Å². The van der Waals surface area contributed by atoms with Crippen molar-refractivity contribution in [2.75, 3.05) is 0 Å². The molecule has 1 aromatic carbocycles. The van der Waals surface area contributed by atoms with Crippen LogP contribution >= 0.6 is 22.6 Å². The Kier molecular flexibility index (Phi) is 2.39. The average Bonchev–Trinajstić information content (AvgIpc) is 1.96. The molecule has 0 bridgehead atoms. The topological polar surface area (TPSA) is 23.8 Å². The van der Waals surface area contributed by atoms with E-state index >= 15 is 0 Å². The molecule has 0 aliphatic rings. The summed E-state index contributed by atoms with van der Waals surface area (Å²) in [5.74, 6) is -1.25. The minimum Gasteiger partial charge on any atom is -0.207 e. The van der Waals surface area contributed by atoms with Crippen molar-refractivity contribution in [1.29, 1.82) is 5.26 Å².